The van der Waals surface area contributed by atoms with E-state index in [4.69, 9.17) is 27.2 Å². The summed E-state index contributed by atoms with van der Waals surface area (Å²) >= 11 is 0. The van der Waals surface area contributed by atoms with Crippen LogP contribution in [0.3, 0.4) is 0 Å². The highest BCUT2D eigenvalue weighted by atomic mass is 32.2. The van der Waals surface area contributed by atoms with Crippen molar-refractivity contribution in [2.45, 2.75) is 111 Å². The molecule has 3 aromatic carbocycles. The zero-order valence-electron chi connectivity index (χ0n) is 42.8. The minimum atomic E-state index is -3.92. The zero-order chi connectivity index (χ0) is 53.2. The van der Waals surface area contributed by atoms with Gasteiger partial charge in [0, 0.05) is 24.8 Å². The van der Waals surface area contributed by atoms with Crippen LogP contribution in [-0.2, 0) is 67.7 Å². The second kappa shape index (κ2) is 27.3. The molecule has 0 bridgehead atoms. The Labute approximate surface area is 424 Å². The molecule has 19 heteroatoms. The van der Waals surface area contributed by atoms with Crippen molar-refractivity contribution in [1.82, 2.24) is 20.9 Å². The smallest absolute Gasteiger partial charge is 0.313 e. The first-order chi connectivity index (χ1) is 33.9. The zero-order valence-corrected chi connectivity index (χ0v) is 43.7. The fraction of sp³-hybridized carbons (Fsp3) is 0.528. The molecule has 72 heavy (non-hydrogen) atoms. The number of rotatable bonds is 24. The fourth-order valence-corrected chi connectivity index (χ4v) is 8.11. The van der Waals surface area contributed by atoms with Crippen LogP contribution in [0.1, 0.15) is 94.8 Å². The maximum Gasteiger partial charge on any atom is 0.313 e. The van der Waals surface area contributed by atoms with Gasteiger partial charge in [-0.15, -0.1) is 0 Å². The minimum absolute atomic E-state index is 0.0384. The number of quaternary nitrogens is 1. The summed E-state index contributed by atoms with van der Waals surface area (Å²) in [6, 6.07) is 20.3. The fourth-order valence-electron chi connectivity index (χ4n) is 8.11. The molecule has 2 aliphatic rings. The highest BCUT2D eigenvalue weighted by Gasteiger charge is 2.54. The van der Waals surface area contributed by atoms with Crippen LogP contribution in [0.25, 0.3) is 0 Å². The minimum Gasteiger partial charge on any atom is -0.748 e. The SMILES string of the molecule is CC(C)CCNC(=O)[C@H](Cc1ccccc1)NC(=O)[C@H](CC(C)C)NC(=O)[C@H](CCc1ccccc1)N(C(=O)C[N+]1(Cc2ccc(OC(=O)C(C)C)c(C=O)c2)CCOCC1)C(=O)[C@@]1(C)CO1.CS(=O)(=O)[O-]. The van der Waals surface area contributed by atoms with E-state index in [0.29, 0.717) is 63.3 Å². The number of aryl methyl sites for hydroxylation is 1. The van der Waals surface area contributed by atoms with E-state index in [1.807, 2.05) is 74.5 Å². The highest BCUT2D eigenvalue weighted by Crippen LogP contribution is 2.32. The van der Waals surface area contributed by atoms with Crippen molar-refractivity contribution in [3.63, 3.8) is 0 Å². The van der Waals surface area contributed by atoms with Crippen molar-refractivity contribution in [2.75, 3.05) is 52.3 Å². The lowest BCUT2D eigenvalue weighted by Crippen LogP contribution is -2.64. The number of morpholine rings is 1. The summed E-state index contributed by atoms with van der Waals surface area (Å²) in [5.74, 6) is -3.37. The molecule has 0 aromatic heterocycles. The first-order valence-electron chi connectivity index (χ1n) is 24.5. The van der Waals surface area contributed by atoms with Crippen LogP contribution in [0.4, 0.5) is 0 Å². The molecule has 18 nitrogen and oxygen atoms in total. The molecule has 3 N–H and O–H groups in total. The number of benzene rings is 3. The Morgan fingerprint density at radius 2 is 1.39 bits per heavy atom. The third-order valence-electron chi connectivity index (χ3n) is 12.2. The van der Waals surface area contributed by atoms with Gasteiger partial charge in [-0.1, -0.05) is 102 Å². The molecule has 2 saturated heterocycles. The Balaban J connectivity index is 0.00000214. The van der Waals surface area contributed by atoms with Crippen LogP contribution in [0.2, 0.25) is 0 Å². The maximum atomic E-state index is 15.1. The topological polar surface area (TPSA) is 247 Å². The number of hydrogen-bond donors (Lipinski definition) is 3. The molecule has 3 aromatic rings. The molecule has 0 radical (unpaired) electrons. The number of ether oxygens (including phenoxy) is 3. The van der Waals surface area contributed by atoms with Crippen LogP contribution >= 0.6 is 0 Å². The van der Waals surface area contributed by atoms with Gasteiger partial charge < -0.3 is 39.2 Å². The van der Waals surface area contributed by atoms with Crippen LogP contribution in [-0.4, -0.2) is 140 Å². The van der Waals surface area contributed by atoms with Gasteiger partial charge in [0.15, 0.2) is 18.4 Å². The van der Waals surface area contributed by atoms with Gasteiger partial charge in [-0.05, 0) is 73.8 Å². The van der Waals surface area contributed by atoms with E-state index < -0.39 is 69.4 Å². The Morgan fingerprint density at radius 3 is 1.93 bits per heavy atom. The van der Waals surface area contributed by atoms with Gasteiger partial charge in [-0.2, -0.15) is 0 Å². The molecule has 0 spiro atoms. The predicted molar refractivity (Wildman–Crippen MR) is 268 cm³/mol. The van der Waals surface area contributed by atoms with Crippen molar-refractivity contribution in [2.24, 2.45) is 17.8 Å². The molecular formula is C53H73N5O13S. The van der Waals surface area contributed by atoms with Crippen molar-refractivity contribution >= 4 is 51.9 Å². The summed E-state index contributed by atoms with van der Waals surface area (Å²) < 4.78 is 44.2. The van der Waals surface area contributed by atoms with Crippen LogP contribution in [0.5, 0.6) is 5.75 Å². The predicted octanol–water partition coefficient (Wildman–Crippen LogP) is 4.14. The molecule has 0 unspecified atom stereocenters. The average Bonchev–Trinajstić information content (AvgIpc) is 4.08. The molecule has 2 heterocycles. The van der Waals surface area contributed by atoms with Gasteiger partial charge in [-0.25, -0.2) is 8.42 Å². The molecule has 0 saturated carbocycles. The van der Waals surface area contributed by atoms with Crippen LogP contribution in [0, 0.1) is 17.8 Å². The van der Waals surface area contributed by atoms with E-state index in [9.17, 15) is 24.0 Å². The number of esters is 1. The summed E-state index contributed by atoms with van der Waals surface area (Å²) in [6.07, 6.45) is 2.76. The Morgan fingerprint density at radius 1 is 0.806 bits per heavy atom. The summed E-state index contributed by atoms with van der Waals surface area (Å²) in [7, 11) is -3.92. The lowest BCUT2D eigenvalue weighted by atomic mass is 9.98. The third-order valence-corrected chi connectivity index (χ3v) is 12.2. The largest absolute Gasteiger partial charge is 0.748 e. The number of carbonyl (C=O) groups is 7. The van der Waals surface area contributed by atoms with Gasteiger partial charge in [-0.3, -0.25) is 38.5 Å². The normalized spacial score (nSPS) is 17.3. The molecule has 5 amide bonds. The summed E-state index contributed by atoms with van der Waals surface area (Å²) in [6.45, 7) is 14.9. The van der Waals surface area contributed by atoms with E-state index in [-0.39, 0.29) is 66.6 Å². The van der Waals surface area contributed by atoms with Crippen LogP contribution < -0.4 is 20.7 Å². The monoisotopic (exact) mass is 1020 g/mol. The van der Waals surface area contributed by atoms with Crippen molar-refractivity contribution in [1.29, 1.82) is 0 Å². The van der Waals surface area contributed by atoms with Crippen molar-refractivity contribution < 1.29 is 65.2 Å². The number of amides is 5. The summed E-state index contributed by atoms with van der Waals surface area (Å²) in [4.78, 5) is 98.6. The number of nitrogens with one attached hydrogen (secondary N) is 3. The van der Waals surface area contributed by atoms with Gasteiger partial charge in [0.05, 0.1) is 41.4 Å². The standard InChI is InChI=1S/C52H69N5O10.CH4O3S/c1-35(2)22-23-53-47(60)43(30-39-16-12-9-13-17-39)54-48(61)42(28-36(3)4)55-49(62)44(20-18-38-14-10-8-11-15-38)56(51(64)52(7)34-66-52)46(59)32-57(24-26-65-27-25-57)31-40-19-21-45(41(29-40)33-58)67-50(63)37(5)6;1-5(2,3)4/h8-17,19,21,29,33,35-37,42-44H,18,20,22-28,30-32,34H2,1-7H3,(H2-,53,54,55,60,61,62);1H3,(H,2,3,4)/t42-,43-,44-,52+;/m0./s1. The van der Waals surface area contributed by atoms with Crippen molar-refractivity contribution in [3.8, 4) is 5.75 Å². The van der Waals surface area contributed by atoms with E-state index in [0.717, 1.165) is 22.4 Å². The first-order valence-corrected chi connectivity index (χ1v) is 26.3. The lowest BCUT2D eigenvalue weighted by molar-refractivity contribution is -0.940. The number of aldehydes is 1. The Bertz CT molecular complexity index is 2410. The van der Waals surface area contributed by atoms with Crippen molar-refractivity contribution in [3.05, 3.63) is 101 Å². The number of nitrogens with zero attached hydrogens (tertiary/aromatic N) is 2. The first kappa shape index (κ1) is 58.7. The molecule has 5 rings (SSSR count). The van der Waals surface area contributed by atoms with E-state index in [2.05, 4.69) is 29.8 Å². The van der Waals surface area contributed by atoms with Gasteiger partial charge in [0.25, 0.3) is 11.8 Å². The van der Waals surface area contributed by atoms with E-state index >= 15 is 9.59 Å². The number of hydrogen-bond acceptors (Lipinski definition) is 13. The van der Waals surface area contributed by atoms with Gasteiger partial charge in [0.1, 0.15) is 43.5 Å². The molecule has 2 fully saturated rings. The lowest BCUT2D eigenvalue weighted by Gasteiger charge is -2.42. The quantitative estimate of drug-likeness (QED) is 0.0286. The van der Waals surface area contributed by atoms with Crippen LogP contribution in [0.15, 0.2) is 78.9 Å². The molecule has 2 aliphatic heterocycles. The molecule has 0 aliphatic carbocycles. The summed E-state index contributed by atoms with van der Waals surface area (Å²) in [5.41, 5.74) is 1.24. The van der Waals surface area contributed by atoms with E-state index in [1.165, 1.54) is 0 Å². The number of carbonyl (C=O) groups excluding carboxylic acids is 7. The van der Waals surface area contributed by atoms with E-state index in [1.54, 1.807) is 39.0 Å². The summed E-state index contributed by atoms with van der Waals surface area (Å²) in [5, 5.41) is 8.84. The van der Waals surface area contributed by atoms with Gasteiger partial charge >= 0.3 is 5.97 Å². The Kier molecular flexibility index (Phi) is 22.2. The molecule has 4 atom stereocenters. The molecule has 394 valence electrons. The Hall–Kier alpha value is -5.86. The number of imide groups is 1. The number of epoxide rings is 1. The van der Waals surface area contributed by atoms with Gasteiger partial charge in [0.2, 0.25) is 17.7 Å². The maximum absolute atomic E-state index is 15.1. The molecular weight excluding hydrogens is 947 g/mol. The highest BCUT2D eigenvalue weighted by molar-refractivity contribution is 7.84. The second-order valence-electron chi connectivity index (χ2n) is 20.0. The average molecular weight is 1020 g/mol. The second-order valence-corrected chi connectivity index (χ2v) is 21.4. The third kappa shape index (κ3) is 19.3.